The highest BCUT2D eigenvalue weighted by molar-refractivity contribution is 6.31. The zero-order valence-corrected chi connectivity index (χ0v) is 13.7. The molecule has 24 heavy (non-hydrogen) atoms. The molecule has 1 aromatic carbocycles. The molecule has 1 saturated heterocycles. The van der Waals surface area contributed by atoms with Gasteiger partial charge < -0.3 is 14.2 Å². The molecule has 1 amide bonds. The number of anilines is 1. The van der Waals surface area contributed by atoms with Gasteiger partial charge in [0.1, 0.15) is 6.26 Å². The van der Waals surface area contributed by atoms with E-state index in [-0.39, 0.29) is 5.91 Å². The maximum Gasteiger partial charge on any atom is 0.257 e. The van der Waals surface area contributed by atoms with E-state index >= 15 is 0 Å². The van der Waals surface area contributed by atoms with E-state index in [1.165, 1.54) is 12.5 Å². The van der Waals surface area contributed by atoms with Gasteiger partial charge in [-0.1, -0.05) is 11.6 Å². The summed E-state index contributed by atoms with van der Waals surface area (Å²) < 4.78 is 5.00. The second kappa shape index (κ2) is 6.17. The Morgan fingerprint density at radius 3 is 2.71 bits per heavy atom. The predicted octanol–water partition coefficient (Wildman–Crippen LogP) is 3.44. The minimum absolute atomic E-state index is 0.0229. The quantitative estimate of drug-likeness (QED) is 0.716. The van der Waals surface area contributed by atoms with E-state index in [2.05, 4.69) is 9.88 Å². The van der Waals surface area contributed by atoms with Gasteiger partial charge in [-0.2, -0.15) is 0 Å². The molecule has 0 unspecified atom stereocenters. The molecule has 1 fully saturated rings. The molecule has 0 atom stereocenters. The molecule has 6 heteroatoms. The highest BCUT2D eigenvalue weighted by Crippen LogP contribution is 2.28. The SMILES string of the molecule is O=C(c1ccoc1)N1CCN(c2ccnc3cc(Cl)ccc23)CC1. The maximum absolute atomic E-state index is 12.4. The van der Waals surface area contributed by atoms with Crippen molar-refractivity contribution in [1.82, 2.24) is 9.88 Å². The van der Waals surface area contributed by atoms with Crippen LogP contribution in [0.3, 0.4) is 0 Å². The van der Waals surface area contributed by atoms with Gasteiger partial charge in [-0.25, -0.2) is 0 Å². The molecule has 122 valence electrons. The van der Waals surface area contributed by atoms with Gasteiger partial charge in [-0.15, -0.1) is 0 Å². The number of carbonyl (C=O) groups excluding carboxylic acids is 1. The third-order valence-corrected chi connectivity index (χ3v) is 4.59. The lowest BCUT2D eigenvalue weighted by Crippen LogP contribution is -2.48. The monoisotopic (exact) mass is 341 g/mol. The van der Waals surface area contributed by atoms with E-state index in [4.69, 9.17) is 16.0 Å². The van der Waals surface area contributed by atoms with Gasteiger partial charge in [0, 0.05) is 48.5 Å². The summed E-state index contributed by atoms with van der Waals surface area (Å²) in [5, 5.41) is 1.76. The molecule has 4 rings (SSSR count). The van der Waals surface area contributed by atoms with Gasteiger partial charge in [0.05, 0.1) is 17.3 Å². The van der Waals surface area contributed by atoms with Crippen molar-refractivity contribution in [2.45, 2.75) is 0 Å². The summed E-state index contributed by atoms with van der Waals surface area (Å²) in [5.41, 5.74) is 2.62. The summed E-state index contributed by atoms with van der Waals surface area (Å²) >= 11 is 6.05. The number of aromatic nitrogens is 1. The average Bonchev–Trinajstić information content (AvgIpc) is 3.15. The van der Waals surface area contributed by atoms with Crippen LogP contribution >= 0.6 is 11.6 Å². The van der Waals surface area contributed by atoms with Crippen molar-refractivity contribution in [3.63, 3.8) is 0 Å². The van der Waals surface area contributed by atoms with Crippen LogP contribution in [0.5, 0.6) is 0 Å². The van der Waals surface area contributed by atoms with E-state index in [9.17, 15) is 4.79 Å². The zero-order chi connectivity index (χ0) is 16.5. The lowest BCUT2D eigenvalue weighted by molar-refractivity contribution is 0.0746. The van der Waals surface area contributed by atoms with Gasteiger partial charge in [0.2, 0.25) is 0 Å². The zero-order valence-electron chi connectivity index (χ0n) is 13.0. The van der Waals surface area contributed by atoms with Crippen molar-refractivity contribution >= 4 is 34.1 Å². The first-order valence-electron chi connectivity index (χ1n) is 7.83. The summed E-state index contributed by atoms with van der Waals surface area (Å²) in [6.07, 6.45) is 4.82. The summed E-state index contributed by atoms with van der Waals surface area (Å²) in [7, 11) is 0. The van der Waals surface area contributed by atoms with Crippen LogP contribution in [0.4, 0.5) is 5.69 Å². The Kier molecular flexibility index (Phi) is 3.86. The number of nitrogens with zero attached hydrogens (tertiary/aromatic N) is 3. The molecule has 3 heterocycles. The molecule has 0 spiro atoms. The molecule has 5 nitrogen and oxygen atoms in total. The van der Waals surface area contributed by atoms with E-state index < -0.39 is 0 Å². The smallest absolute Gasteiger partial charge is 0.257 e. The fraction of sp³-hybridized carbons (Fsp3) is 0.222. The normalized spacial score (nSPS) is 15.0. The van der Waals surface area contributed by atoms with Crippen molar-refractivity contribution in [1.29, 1.82) is 0 Å². The first-order chi connectivity index (χ1) is 11.7. The number of pyridine rings is 1. The third-order valence-electron chi connectivity index (χ3n) is 4.36. The molecule has 1 aliphatic rings. The van der Waals surface area contributed by atoms with E-state index in [0.717, 1.165) is 29.7 Å². The summed E-state index contributed by atoms with van der Waals surface area (Å²) in [5.74, 6) is 0.0229. The number of fused-ring (bicyclic) bond motifs is 1. The molecule has 0 bridgehead atoms. The number of hydrogen-bond acceptors (Lipinski definition) is 4. The standard InChI is InChI=1S/C18H16ClN3O2/c19-14-1-2-15-16(11-14)20-5-3-17(15)21-6-8-22(9-7-21)18(23)13-4-10-24-12-13/h1-5,10-12H,6-9H2. The van der Waals surface area contributed by atoms with Crippen LogP contribution < -0.4 is 4.90 Å². The van der Waals surface area contributed by atoms with Gasteiger partial charge in [-0.05, 0) is 30.3 Å². The predicted molar refractivity (Wildman–Crippen MR) is 93.6 cm³/mol. The Morgan fingerprint density at radius 1 is 1.12 bits per heavy atom. The van der Waals surface area contributed by atoms with E-state index in [1.54, 1.807) is 12.3 Å². The Labute approximate surface area is 144 Å². The Balaban J connectivity index is 1.53. The Bertz CT molecular complexity index is 871. The largest absolute Gasteiger partial charge is 0.472 e. The molecule has 0 radical (unpaired) electrons. The van der Waals surface area contributed by atoms with Gasteiger partial charge in [0.15, 0.2) is 0 Å². The molecule has 3 aromatic rings. The fourth-order valence-electron chi connectivity index (χ4n) is 3.10. The first-order valence-corrected chi connectivity index (χ1v) is 8.21. The number of furan rings is 1. The van der Waals surface area contributed by atoms with Crippen LogP contribution in [-0.2, 0) is 0 Å². The third kappa shape index (κ3) is 2.71. The van der Waals surface area contributed by atoms with Crippen molar-refractivity contribution < 1.29 is 9.21 Å². The Hall–Kier alpha value is -2.53. The molecule has 0 aliphatic carbocycles. The highest BCUT2D eigenvalue weighted by Gasteiger charge is 2.23. The van der Waals surface area contributed by atoms with Crippen LogP contribution in [0.1, 0.15) is 10.4 Å². The molecular formula is C18H16ClN3O2. The van der Waals surface area contributed by atoms with Crippen LogP contribution in [0.15, 0.2) is 53.5 Å². The lowest BCUT2D eigenvalue weighted by atomic mass is 10.1. The minimum atomic E-state index is 0.0229. The average molecular weight is 342 g/mol. The number of hydrogen-bond donors (Lipinski definition) is 0. The second-order valence-electron chi connectivity index (χ2n) is 5.78. The second-order valence-corrected chi connectivity index (χ2v) is 6.22. The van der Waals surface area contributed by atoms with Crippen LogP contribution in [0.25, 0.3) is 10.9 Å². The molecule has 2 aromatic heterocycles. The number of rotatable bonds is 2. The number of halogens is 1. The Morgan fingerprint density at radius 2 is 1.96 bits per heavy atom. The van der Waals surface area contributed by atoms with Gasteiger partial charge in [0.25, 0.3) is 5.91 Å². The number of piperazine rings is 1. The van der Waals surface area contributed by atoms with Crippen molar-refractivity contribution in [2.75, 3.05) is 31.1 Å². The van der Waals surface area contributed by atoms with E-state index in [1.807, 2.05) is 29.2 Å². The first kappa shape index (κ1) is 15.0. The summed E-state index contributed by atoms with van der Waals surface area (Å²) in [4.78, 5) is 20.9. The molecular weight excluding hydrogens is 326 g/mol. The van der Waals surface area contributed by atoms with Crippen LogP contribution in [0, 0.1) is 0 Å². The minimum Gasteiger partial charge on any atom is -0.472 e. The van der Waals surface area contributed by atoms with Crippen LogP contribution in [0.2, 0.25) is 5.02 Å². The number of amides is 1. The molecule has 1 aliphatic heterocycles. The number of carbonyl (C=O) groups is 1. The van der Waals surface area contributed by atoms with Gasteiger partial charge >= 0.3 is 0 Å². The highest BCUT2D eigenvalue weighted by atomic mass is 35.5. The van der Waals surface area contributed by atoms with Crippen molar-refractivity contribution in [2.24, 2.45) is 0 Å². The topological polar surface area (TPSA) is 49.6 Å². The summed E-state index contributed by atoms with van der Waals surface area (Å²) in [6.45, 7) is 2.93. The van der Waals surface area contributed by atoms with E-state index in [0.29, 0.717) is 23.7 Å². The molecule has 0 N–H and O–H groups in total. The maximum atomic E-state index is 12.4. The fourth-order valence-corrected chi connectivity index (χ4v) is 3.27. The summed E-state index contributed by atoms with van der Waals surface area (Å²) in [6, 6.07) is 9.48. The lowest BCUT2D eigenvalue weighted by Gasteiger charge is -2.36. The van der Waals surface area contributed by atoms with Crippen LogP contribution in [-0.4, -0.2) is 42.0 Å². The molecule has 0 saturated carbocycles. The van der Waals surface area contributed by atoms with Gasteiger partial charge in [-0.3, -0.25) is 9.78 Å². The van der Waals surface area contributed by atoms with Crippen molar-refractivity contribution in [3.05, 3.63) is 59.6 Å². The van der Waals surface area contributed by atoms with Crippen molar-refractivity contribution in [3.8, 4) is 0 Å². The number of benzene rings is 1.